The van der Waals surface area contributed by atoms with E-state index in [0.29, 0.717) is 12.2 Å². The fourth-order valence-corrected chi connectivity index (χ4v) is 2.12. The molecule has 0 aromatic heterocycles. The molecule has 1 rings (SSSR count). The largest absolute Gasteiger partial charge is 0.462 e. The molecule has 94 valence electrons. The monoisotopic (exact) mass is 298 g/mol. The zero-order valence-electron chi connectivity index (χ0n) is 10.5. The van der Waals surface area contributed by atoms with E-state index in [4.69, 9.17) is 4.74 Å². The molecule has 17 heavy (non-hydrogen) atoms. The third kappa shape index (κ3) is 4.50. The minimum Gasteiger partial charge on any atom is -0.462 e. The molecule has 0 unspecified atom stereocenters. The van der Waals surface area contributed by atoms with Crippen molar-refractivity contribution in [2.45, 2.75) is 39.5 Å². The second-order valence-corrected chi connectivity index (χ2v) is 4.84. The first-order chi connectivity index (χ1) is 8.19. The molecule has 0 amide bonds. The molecule has 1 aromatic carbocycles. The molecule has 0 radical (unpaired) electrons. The number of hydrogen-bond donors (Lipinski definition) is 0. The van der Waals surface area contributed by atoms with E-state index in [1.54, 1.807) is 6.07 Å². The topological polar surface area (TPSA) is 26.3 Å². The molecule has 0 aliphatic heterocycles. The second kappa shape index (κ2) is 7.49. The van der Waals surface area contributed by atoms with Crippen molar-refractivity contribution in [3.05, 3.63) is 33.8 Å². The molecule has 0 aliphatic carbocycles. The quantitative estimate of drug-likeness (QED) is 0.576. The van der Waals surface area contributed by atoms with E-state index in [0.717, 1.165) is 17.3 Å². The van der Waals surface area contributed by atoms with Crippen molar-refractivity contribution in [2.75, 3.05) is 6.61 Å². The Morgan fingerprint density at radius 3 is 2.71 bits per heavy atom. The molecule has 0 saturated heterocycles. The second-order valence-electron chi connectivity index (χ2n) is 3.98. The Morgan fingerprint density at radius 1 is 1.29 bits per heavy atom. The summed E-state index contributed by atoms with van der Waals surface area (Å²) in [6, 6.07) is 5.65. The Hall–Kier alpha value is -0.830. The fourth-order valence-electron chi connectivity index (χ4n) is 1.67. The van der Waals surface area contributed by atoms with E-state index in [1.165, 1.54) is 18.4 Å². The zero-order chi connectivity index (χ0) is 12.7. The van der Waals surface area contributed by atoms with Crippen molar-refractivity contribution in [1.29, 1.82) is 0 Å². The first-order valence-corrected chi connectivity index (χ1v) is 6.93. The van der Waals surface area contributed by atoms with Crippen molar-refractivity contribution in [1.82, 2.24) is 0 Å². The third-order valence-corrected chi connectivity index (χ3v) is 3.38. The van der Waals surface area contributed by atoms with Crippen LogP contribution >= 0.6 is 15.9 Å². The van der Waals surface area contributed by atoms with Crippen LogP contribution < -0.4 is 0 Å². The molecule has 3 heteroatoms. The molecule has 0 saturated carbocycles. The van der Waals surface area contributed by atoms with Gasteiger partial charge in [-0.2, -0.15) is 0 Å². The summed E-state index contributed by atoms with van der Waals surface area (Å²) in [5.41, 5.74) is 1.82. The molecule has 0 N–H and O–H groups in total. The van der Waals surface area contributed by atoms with Crippen LogP contribution in [-0.2, 0) is 11.2 Å². The van der Waals surface area contributed by atoms with Crippen molar-refractivity contribution in [3.8, 4) is 0 Å². The number of esters is 1. The number of unbranched alkanes of at least 4 members (excludes halogenated alkanes) is 2. The first kappa shape index (κ1) is 14.2. The lowest BCUT2D eigenvalue weighted by molar-refractivity contribution is 0.0526. The van der Waals surface area contributed by atoms with Gasteiger partial charge in [-0.05, 0) is 43.5 Å². The van der Waals surface area contributed by atoms with E-state index in [1.807, 2.05) is 19.1 Å². The maximum atomic E-state index is 11.6. The van der Waals surface area contributed by atoms with Gasteiger partial charge in [0.15, 0.2) is 0 Å². The van der Waals surface area contributed by atoms with Crippen molar-refractivity contribution in [2.24, 2.45) is 0 Å². The fraction of sp³-hybridized carbons (Fsp3) is 0.500. The minimum absolute atomic E-state index is 0.239. The van der Waals surface area contributed by atoms with Crippen molar-refractivity contribution >= 4 is 21.9 Å². The molecule has 0 bridgehead atoms. The number of carbonyl (C=O) groups excluding carboxylic acids is 1. The molecule has 0 fully saturated rings. The van der Waals surface area contributed by atoms with Gasteiger partial charge in [-0.3, -0.25) is 0 Å². The predicted molar refractivity (Wildman–Crippen MR) is 73.3 cm³/mol. The van der Waals surface area contributed by atoms with E-state index in [2.05, 4.69) is 22.9 Å². The summed E-state index contributed by atoms with van der Waals surface area (Å²) >= 11 is 3.52. The number of halogens is 1. The third-order valence-electron chi connectivity index (χ3n) is 2.61. The maximum absolute atomic E-state index is 11.6. The van der Waals surface area contributed by atoms with Crippen LogP contribution in [-0.4, -0.2) is 12.6 Å². The number of aryl methyl sites for hydroxylation is 1. The summed E-state index contributed by atoms with van der Waals surface area (Å²) in [7, 11) is 0. The van der Waals surface area contributed by atoms with Gasteiger partial charge in [0.25, 0.3) is 0 Å². The molecule has 0 atom stereocenters. The molecule has 0 spiro atoms. The van der Waals surface area contributed by atoms with Crippen LogP contribution in [0.15, 0.2) is 22.7 Å². The number of carbonyl (C=O) groups is 1. The summed E-state index contributed by atoms with van der Waals surface area (Å²) in [6.07, 6.45) is 4.58. The Morgan fingerprint density at radius 2 is 2.06 bits per heavy atom. The summed E-state index contributed by atoms with van der Waals surface area (Å²) in [5.74, 6) is -0.239. The maximum Gasteiger partial charge on any atom is 0.338 e. The molecule has 1 aromatic rings. The van der Waals surface area contributed by atoms with Crippen LogP contribution in [0.25, 0.3) is 0 Å². The lowest BCUT2D eigenvalue weighted by Crippen LogP contribution is -2.05. The summed E-state index contributed by atoms with van der Waals surface area (Å²) < 4.78 is 6.07. The van der Waals surface area contributed by atoms with E-state index in [-0.39, 0.29) is 5.97 Å². The first-order valence-electron chi connectivity index (χ1n) is 6.14. The SMILES string of the molecule is CCCCCc1cc(C(=O)OCC)ccc1Br. The molecular weight excluding hydrogens is 280 g/mol. The highest BCUT2D eigenvalue weighted by Crippen LogP contribution is 2.21. The van der Waals surface area contributed by atoms with E-state index < -0.39 is 0 Å². The lowest BCUT2D eigenvalue weighted by Gasteiger charge is -2.07. The van der Waals surface area contributed by atoms with Gasteiger partial charge in [0.2, 0.25) is 0 Å². The predicted octanol–water partition coefficient (Wildman–Crippen LogP) is 4.36. The zero-order valence-corrected chi connectivity index (χ0v) is 12.0. The van der Waals surface area contributed by atoms with Crippen LogP contribution in [0.5, 0.6) is 0 Å². The van der Waals surface area contributed by atoms with Crippen LogP contribution in [0.3, 0.4) is 0 Å². The standard InChI is InChI=1S/C14H19BrO2/c1-3-5-6-7-11-10-12(8-9-13(11)15)14(16)17-4-2/h8-10H,3-7H2,1-2H3. The molecule has 2 nitrogen and oxygen atoms in total. The smallest absolute Gasteiger partial charge is 0.338 e. The minimum atomic E-state index is -0.239. The van der Waals surface area contributed by atoms with Gasteiger partial charge in [0.05, 0.1) is 12.2 Å². The molecule has 0 heterocycles. The summed E-state index contributed by atoms with van der Waals surface area (Å²) in [6.45, 7) is 4.42. The lowest BCUT2D eigenvalue weighted by atomic mass is 10.0. The Labute approximate surface area is 111 Å². The van der Waals surface area contributed by atoms with Gasteiger partial charge < -0.3 is 4.74 Å². The average molecular weight is 299 g/mol. The molecule has 0 aliphatic rings. The van der Waals surface area contributed by atoms with Gasteiger partial charge >= 0.3 is 5.97 Å². The van der Waals surface area contributed by atoms with Crippen LogP contribution in [0, 0.1) is 0 Å². The highest BCUT2D eigenvalue weighted by Gasteiger charge is 2.09. The van der Waals surface area contributed by atoms with Crippen molar-refractivity contribution in [3.63, 3.8) is 0 Å². The highest BCUT2D eigenvalue weighted by atomic mass is 79.9. The van der Waals surface area contributed by atoms with Crippen LogP contribution in [0.2, 0.25) is 0 Å². The highest BCUT2D eigenvalue weighted by molar-refractivity contribution is 9.10. The van der Waals surface area contributed by atoms with Gasteiger partial charge in [-0.25, -0.2) is 4.79 Å². The summed E-state index contributed by atoms with van der Waals surface area (Å²) in [4.78, 5) is 11.6. The van der Waals surface area contributed by atoms with Crippen LogP contribution in [0.1, 0.15) is 49.0 Å². The van der Waals surface area contributed by atoms with Gasteiger partial charge in [-0.15, -0.1) is 0 Å². The van der Waals surface area contributed by atoms with Gasteiger partial charge in [0.1, 0.15) is 0 Å². The Bertz CT molecular complexity index is 374. The number of rotatable bonds is 6. The molecular formula is C14H19BrO2. The Kier molecular flexibility index (Phi) is 6.27. The van der Waals surface area contributed by atoms with E-state index in [9.17, 15) is 4.79 Å². The number of benzene rings is 1. The average Bonchev–Trinajstić information content (AvgIpc) is 2.32. The summed E-state index contributed by atoms with van der Waals surface area (Å²) in [5, 5.41) is 0. The van der Waals surface area contributed by atoms with E-state index >= 15 is 0 Å². The normalized spacial score (nSPS) is 10.3. The van der Waals surface area contributed by atoms with Crippen LogP contribution in [0.4, 0.5) is 0 Å². The number of hydrogen-bond acceptors (Lipinski definition) is 2. The Balaban J connectivity index is 2.75. The van der Waals surface area contributed by atoms with Gasteiger partial charge in [-0.1, -0.05) is 35.7 Å². The number of ether oxygens (including phenoxy) is 1. The van der Waals surface area contributed by atoms with Gasteiger partial charge in [0, 0.05) is 4.47 Å². The van der Waals surface area contributed by atoms with Crippen molar-refractivity contribution < 1.29 is 9.53 Å².